The lowest BCUT2D eigenvalue weighted by Crippen LogP contribution is -2.10. The Kier molecular flexibility index (Phi) is 4.38. The third-order valence-electron chi connectivity index (χ3n) is 1.62. The van der Waals surface area contributed by atoms with Crippen LogP contribution < -0.4 is 0 Å². The van der Waals surface area contributed by atoms with E-state index in [0.717, 1.165) is 0 Å². The van der Waals surface area contributed by atoms with Crippen molar-refractivity contribution in [3.63, 3.8) is 0 Å². The van der Waals surface area contributed by atoms with E-state index in [9.17, 15) is 13.6 Å². The van der Waals surface area contributed by atoms with Crippen molar-refractivity contribution in [2.24, 2.45) is 0 Å². The predicted molar refractivity (Wildman–Crippen MR) is 61.5 cm³/mol. The molecular weight excluding hydrogens is 387 g/mol. The molecule has 0 aliphatic carbocycles. The fourth-order valence-corrected chi connectivity index (χ4v) is 2.15. The summed E-state index contributed by atoms with van der Waals surface area (Å²) >= 11 is 4.77. The second-order valence-electron chi connectivity index (χ2n) is 2.60. The quantitative estimate of drug-likeness (QED) is 0.635. The van der Waals surface area contributed by atoms with Gasteiger partial charge in [-0.05, 0) is 28.7 Å². The van der Waals surface area contributed by atoms with Crippen LogP contribution in [0.15, 0.2) is 6.07 Å². The van der Waals surface area contributed by atoms with E-state index in [2.05, 4.69) is 20.9 Å². The summed E-state index contributed by atoms with van der Waals surface area (Å²) in [4.78, 5) is 14.4. The summed E-state index contributed by atoms with van der Waals surface area (Å²) in [6.45, 7) is 0. The standard InChI is InChI=1S/C8H5BrF2INO2/c9-2-3-1-4(12)5(7(10)11)6(13-3)8(14)15/h1,7H,2H2,(H,14,15). The summed E-state index contributed by atoms with van der Waals surface area (Å²) in [5.74, 6) is -1.44. The zero-order valence-electron chi connectivity index (χ0n) is 7.18. The average Bonchev–Trinajstić information content (AvgIpc) is 2.15. The second kappa shape index (κ2) is 5.15. The summed E-state index contributed by atoms with van der Waals surface area (Å²) in [5, 5.41) is 9.07. The minimum atomic E-state index is -2.83. The summed E-state index contributed by atoms with van der Waals surface area (Å²) in [7, 11) is 0. The van der Waals surface area contributed by atoms with Crippen LogP contribution >= 0.6 is 38.5 Å². The molecule has 0 saturated heterocycles. The number of carbonyl (C=O) groups is 1. The number of aromatic nitrogens is 1. The van der Waals surface area contributed by atoms with Gasteiger partial charge in [-0.15, -0.1) is 0 Å². The van der Waals surface area contributed by atoms with Crippen LogP contribution in [0.25, 0.3) is 0 Å². The zero-order chi connectivity index (χ0) is 11.6. The van der Waals surface area contributed by atoms with E-state index in [0.29, 0.717) is 11.0 Å². The molecule has 1 aromatic rings. The summed E-state index contributed by atoms with van der Waals surface area (Å²) in [5.41, 5.74) is -0.680. The molecule has 0 aliphatic rings. The van der Waals surface area contributed by atoms with E-state index in [-0.39, 0.29) is 3.57 Å². The highest BCUT2D eigenvalue weighted by Crippen LogP contribution is 2.28. The van der Waals surface area contributed by atoms with Gasteiger partial charge in [-0.3, -0.25) is 0 Å². The summed E-state index contributed by atoms with van der Waals surface area (Å²) < 4.78 is 25.3. The van der Waals surface area contributed by atoms with Crippen molar-refractivity contribution in [2.75, 3.05) is 0 Å². The number of carboxylic acid groups (broad SMARTS) is 1. The average molecular weight is 392 g/mol. The van der Waals surface area contributed by atoms with Gasteiger partial charge in [0.2, 0.25) is 0 Å². The Morgan fingerprint density at radius 3 is 2.67 bits per heavy atom. The maximum atomic E-state index is 12.6. The number of alkyl halides is 3. The number of rotatable bonds is 3. The molecular formula is C8H5BrF2INO2. The summed E-state index contributed by atoms with van der Waals surface area (Å²) in [6.07, 6.45) is -2.83. The van der Waals surface area contributed by atoms with E-state index in [1.165, 1.54) is 6.07 Å². The number of hydrogen-bond acceptors (Lipinski definition) is 2. The first-order valence-corrected chi connectivity index (χ1v) is 5.94. The Bertz CT molecular complexity index is 400. The van der Waals surface area contributed by atoms with Gasteiger partial charge in [-0.1, -0.05) is 15.9 Å². The van der Waals surface area contributed by atoms with Gasteiger partial charge in [-0.25, -0.2) is 18.6 Å². The van der Waals surface area contributed by atoms with E-state index in [4.69, 9.17) is 5.11 Å². The van der Waals surface area contributed by atoms with Gasteiger partial charge >= 0.3 is 5.97 Å². The lowest BCUT2D eigenvalue weighted by atomic mass is 10.2. The smallest absolute Gasteiger partial charge is 0.355 e. The first-order valence-electron chi connectivity index (χ1n) is 3.74. The van der Waals surface area contributed by atoms with Crippen LogP contribution in [0.5, 0.6) is 0 Å². The van der Waals surface area contributed by atoms with Crippen LogP contribution in [0.1, 0.15) is 28.2 Å². The minimum absolute atomic E-state index is 0.212. The maximum absolute atomic E-state index is 12.6. The molecule has 1 N–H and O–H groups in total. The fourth-order valence-electron chi connectivity index (χ4n) is 1.01. The molecule has 1 rings (SSSR count). The van der Waals surface area contributed by atoms with Crippen LogP contribution in [0.4, 0.5) is 8.78 Å². The van der Waals surface area contributed by atoms with Crippen molar-refractivity contribution in [3.8, 4) is 0 Å². The molecule has 1 aromatic heterocycles. The van der Waals surface area contributed by atoms with Gasteiger partial charge in [-0.2, -0.15) is 0 Å². The number of pyridine rings is 1. The number of carboxylic acids is 1. The Morgan fingerprint density at radius 1 is 1.67 bits per heavy atom. The Hall–Kier alpha value is -0.310. The van der Waals surface area contributed by atoms with Gasteiger partial charge < -0.3 is 5.11 Å². The van der Waals surface area contributed by atoms with Crippen LogP contribution in [-0.4, -0.2) is 16.1 Å². The zero-order valence-corrected chi connectivity index (χ0v) is 10.9. The Morgan fingerprint density at radius 2 is 2.27 bits per heavy atom. The van der Waals surface area contributed by atoms with E-state index < -0.39 is 23.7 Å². The maximum Gasteiger partial charge on any atom is 0.355 e. The topological polar surface area (TPSA) is 50.2 Å². The molecule has 0 saturated carbocycles. The molecule has 0 fully saturated rings. The van der Waals surface area contributed by atoms with E-state index in [1.807, 2.05) is 0 Å². The first-order chi connectivity index (χ1) is 6.97. The molecule has 0 bridgehead atoms. The monoisotopic (exact) mass is 391 g/mol. The number of hydrogen-bond donors (Lipinski definition) is 1. The van der Waals surface area contributed by atoms with Crippen molar-refractivity contribution in [1.82, 2.24) is 4.98 Å². The second-order valence-corrected chi connectivity index (χ2v) is 4.32. The van der Waals surface area contributed by atoms with Gasteiger partial charge in [0.15, 0.2) is 5.69 Å². The lowest BCUT2D eigenvalue weighted by molar-refractivity contribution is 0.0676. The molecule has 7 heteroatoms. The summed E-state index contributed by atoms with van der Waals surface area (Å²) in [6, 6.07) is 1.43. The highest BCUT2D eigenvalue weighted by Gasteiger charge is 2.23. The third-order valence-corrected chi connectivity index (χ3v) is 3.09. The van der Waals surface area contributed by atoms with Gasteiger partial charge in [0.25, 0.3) is 6.43 Å². The molecule has 0 radical (unpaired) electrons. The Balaban J connectivity index is 3.42. The molecule has 0 spiro atoms. The number of halogens is 4. The number of aromatic carboxylic acids is 1. The predicted octanol–water partition coefficient (Wildman–Crippen LogP) is 3.22. The SMILES string of the molecule is O=C(O)c1nc(CBr)cc(I)c1C(F)F. The van der Waals surface area contributed by atoms with Crippen molar-refractivity contribution >= 4 is 44.5 Å². The van der Waals surface area contributed by atoms with Crippen LogP contribution in [-0.2, 0) is 5.33 Å². The fraction of sp³-hybridized carbons (Fsp3) is 0.250. The third kappa shape index (κ3) is 2.83. The highest BCUT2D eigenvalue weighted by molar-refractivity contribution is 14.1. The molecule has 82 valence electrons. The number of nitrogens with zero attached hydrogens (tertiary/aromatic N) is 1. The van der Waals surface area contributed by atoms with Crippen molar-refractivity contribution in [2.45, 2.75) is 11.8 Å². The highest BCUT2D eigenvalue weighted by atomic mass is 127. The molecule has 1 heterocycles. The molecule has 0 aliphatic heterocycles. The van der Waals surface area contributed by atoms with Crippen molar-refractivity contribution in [3.05, 3.63) is 26.6 Å². The lowest BCUT2D eigenvalue weighted by Gasteiger charge is -2.08. The van der Waals surface area contributed by atoms with Gasteiger partial charge in [0.1, 0.15) is 0 Å². The van der Waals surface area contributed by atoms with Crippen LogP contribution in [0.3, 0.4) is 0 Å². The van der Waals surface area contributed by atoms with Crippen molar-refractivity contribution < 1.29 is 18.7 Å². The Labute approximate surface area is 106 Å². The normalized spacial score (nSPS) is 10.7. The largest absolute Gasteiger partial charge is 0.476 e. The van der Waals surface area contributed by atoms with Gasteiger partial charge in [0, 0.05) is 8.90 Å². The van der Waals surface area contributed by atoms with E-state index >= 15 is 0 Å². The minimum Gasteiger partial charge on any atom is -0.476 e. The van der Waals surface area contributed by atoms with Gasteiger partial charge in [0.05, 0.1) is 11.3 Å². The van der Waals surface area contributed by atoms with Crippen LogP contribution in [0, 0.1) is 3.57 Å². The molecule has 0 unspecified atom stereocenters. The first kappa shape index (κ1) is 12.8. The van der Waals surface area contributed by atoms with Crippen LogP contribution in [0.2, 0.25) is 0 Å². The van der Waals surface area contributed by atoms with Crippen molar-refractivity contribution in [1.29, 1.82) is 0 Å². The molecule has 0 aromatic carbocycles. The molecule has 0 amide bonds. The molecule has 0 atom stereocenters. The molecule has 3 nitrogen and oxygen atoms in total. The molecule has 15 heavy (non-hydrogen) atoms. The van der Waals surface area contributed by atoms with E-state index in [1.54, 1.807) is 22.6 Å².